The van der Waals surface area contributed by atoms with Gasteiger partial charge in [-0.3, -0.25) is 19.2 Å². The summed E-state index contributed by atoms with van der Waals surface area (Å²) in [6, 6.07) is 13.0. The van der Waals surface area contributed by atoms with E-state index in [1.807, 2.05) is 0 Å². The van der Waals surface area contributed by atoms with Gasteiger partial charge in [0.25, 0.3) is 0 Å². The second-order valence-electron chi connectivity index (χ2n) is 8.59. The zero-order chi connectivity index (χ0) is 28.7. The average molecular weight is 545 g/mol. The van der Waals surface area contributed by atoms with Gasteiger partial charge in [0.1, 0.15) is 18.5 Å². The van der Waals surface area contributed by atoms with Crippen LogP contribution in [0.15, 0.2) is 48.5 Å². The normalized spacial score (nSPS) is 22.2. The minimum Gasteiger partial charge on any atom is -0.478 e. The van der Waals surface area contributed by atoms with Crippen molar-refractivity contribution in [2.45, 2.75) is 58.4 Å². The van der Waals surface area contributed by atoms with Gasteiger partial charge in [-0.25, -0.2) is 4.79 Å². The van der Waals surface area contributed by atoms with Crippen LogP contribution in [0.25, 0.3) is 11.1 Å². The summed E-state index contributed by atoms with van der Waals surface area (Å²) in [5.41, 5.74) is 1.68. The van der Waals surface area contributed by atoms with Crippen LogP contribution in [0, 0.1) is 0 Å². The summed E-state index contributed by atoms with van der Waals surface area (Å²) in [4.78, 5) is 58.3. The van der Waals surface area contributed by atoms with Crippen LogP contribution in [0.4, 0.5) is 0 Å². The molecule has 0 amide bonds. The molecular weight excluding hydrogens is 516 g/mol. The zero-order valence-corrected chi connectivity index (χ0v) is 21.7. The quantitative estimate of drug-likeness (QED) is 0.363. The molecule has 1 aliphatic rings. The average Bonchev–Trinajstić information content (AvgIpc) is 2.86. The second kappa shape index (κ2) is 12.9. The van der Waals surface area contributed by atoms with E-state index in [0.717, 1.165) is 31.9 Å². The van der Waals surface area contributed by atoms with Crippen molar-refractivity contribution in [3.8, 4) is 16.9 Å². The fourth-order valence-corrected chi connectivity index (χ4v) is 3.95. The van der Waals surface area contributed by atoms with E-state index in [4.69, 9.17) is 33.5 Å². The molecule has 0 saturated carbocycles. The van der Waals surface area contributed by atoms with E-state index in [2.05, 4.69) is 0 Å². The molecule has 208 valence electrons. The SMILES string of the molecule is CC(=O)OC[C@H]1O[C@@H](Oc2ccc(-c3ccc(C(=O)O)cc3)cc2)[C@H](OC(C)=O)[C@@H](OC(C)=O)[C@H]1OC(C)=O. The van der Waals surface area contributed by atoms with Crippen molar-refractivity contribution in [2.24, 2.45) is 0 Å². The molecule has 3 rings (SSSR count). The molecule has 2 aromatic rings. The first kappa shape index (κ1) is 29.1. The summed E-state index contributed by atoms with van der Waals surface area (Å²) >= 11 is 0. The van der Waals surface area contributed by atoms with E-state index in [1.165, 1.54) is 19.1 Å². The van der Waals surface area contributed by atoms with Gasteiger partial charge >= 0.3 is 29.8 Å². The maximum absolute atomic E-state index is 11.9. The number of aromatic carboxylic acids is 1. The van der Waals surface area contributed by atoms with E-state index in [-0.39, 0.29) is 17.9 Å². The number of esters is 4. The van der Waals surface area contributed by atoms with Gasteiger partial charge in [0.05, 0.1) is 5.56 Å². The molecular formula is C27H28O12. The lowest BCUT2D eigenvalue weighted by atomic mass is 9.98. The number of carboxylic acid groups (broad SMARTS) is 1. The number of benzene rings is 2. The van der Waals surface area contributed by atoms with Crippen molar-refractivity contribution in [1.29, 1.82) is 0 Å². The molecule has 12 nitrogen and oxygen atoms in total. The van der Waals surface area contributed by atoms with Gasteiger partial charge in [0.2, 0.25) is 12.4 Å². The first-order valence-electron chi connectivity index (χ1n) is 11.9. The molecule has 2 aromatic carbocycles. The van der Waals surface area contributed by atoms with Crippen LogP contribution in [0.1, 0.15) is 38.1 Å². The molecule has 39 heavy (non-hydrogen) atoms. The molecule has 1 heterocycles. The van der Waals surface area contributed by atoms with Crippen molar-refractivity contribution in [3.63, 3.8) is 0 Å². The number of ether oxygens (including phenoxy) is 6. The summed E-state index contributed by atoms with van der Waals surface area (Å²) in [7, 11) is 0. The Hall–Kier alpha value is -4.45. The van der Waals surface area contributed by atoms with Crippen molar-refractivity contribution in [3.05, 3.63) is 54.1 Å². The first-order chi connectivity index (χ1) is 18.4. The third-order valence-corrected chi connectivity index (χ3v) is 5.52. The highest BCUT2D eigenvalue weighted by Gasteiger charge is 2.53. The Morgan fingerprint density at radius 2 is 1.18 bits per heavy atom. The minimum absolute atomic E-state index is 0.155. The van der Waals surface area contributed by atoms with Crippen molar-refractivity contribution in [2.75, 3.05) is 6.61 Å². The largest absolute Gasteiger partial charge is 0.478 e. The van der Waals surface area contributed by atoms with Gasteiger partial charge < -0.3 is 33.5 Å². The Labute approximate surface area is 223 Å². The molecule has 1 saturated heterocycles. The highest BCUT2D eigenvalue weighted by Crippen LogP contribution is 2.32. The first-order valence-corrected chi connectivity index (χ1v) is 11.9. The van der Waals surface area contributed by atoms with Crippen LogP contribution >= 0.6 is 0 Å². The molecule has 0 aromatic heterocycles. The van der Waals surface area contributed by atoms with Crippen LogP contribution in [-0.4, -0.2) is 72.3 Å². The molecule has 12 heteroatoms. The van der Waals surface area contributed by atoms with Crippen LogP contribution in [0.2, 0.25) is 0 Å². The van der Waals surface area contributed by atoms with Crippen molar-refractivity contribution in [1.82, 2.24) is 0 Å². The summed E-state index contributed by atoms with van der Waals surface area (Å²) < 4.78 is 33.1. The summed E-state index contributed by atoms with van der Waals surface area (Å²) in [5.74, 6) is -3.61. The van der Waals surface area contributed by atoms with E-state index >= 15 is 0 Å². The number of rotatable bonds is 9. The summed E-state index contributed by atoms with van der Waals surface area (Å²) in [6.07, 6.45) is -6.47. The second-order valence-corrected chi connectivity index (χ2v) is 8.59. The zero-order valence-electron chi connectivity index (χ0n) is 21.7. The molecule has 1 fully saturated rings. The lowest BCUT2D eigenvalue weighted by molar-refractivity contribution is -0.288. The van der Waals surface area contributed by atoms with Crippen molar-refractivity contribution < 1.29 is 57.5 Å². The van der Waals surface area contributed by atoms with E-state index in [1.54, 1.807) is 36.4 Å². The minimum atomic E-state index is -1.36. The lowest BCUT2D eigenvalue weighted by Crippen LogP contribution is -2.63. The van der Waals surface area contributed by atoms with Crippen molar-refractivity contribution >= 4 is 29.8 Å². The predicted octanol–water partition coefficient (Wildman–Crippen LogP) is 2.51. The number of hydrogen-bond donors (Lipinski definition) is 1. The standard InChI is InChI=1S/C27H28O12/c1-14(28)34-13-22-23(35-15(2)29)24(36-16(3)30)25(37-17(4)31)27(39-22)38-21-11-9-19(10-12-21)18-5-7-20(8-6-18)26(32)33/h5-12,22-25,27H,13H2,1-4H3,(H,32,33)/t22-,23+,24+,25-,27-/m1/s1. The highest BCUT2D eigenvalue weighted by molar-refractivity contribution is 5.88. The maximum Gasteiger partial charge on any atom is 0.335 e. The number of hydrogen-bond acceptors (Lipinski definition) is 11. The summed E-state index contributed by atoms with van der Waals surface area (Å²) in [6.45, 7) is 4.21. The van der Waals surface area contributed by atoms with Crippen LogP contribution in [0.5, 0.6) is 5.75 Å². The third kappa shape index (κ3) is 8.01. The Bertz CT molecular complexity index is 1200. The van der Waals surface area contributed by atoms with Gasteiger partial charge in [-0.05, 0) is 35.4 Å². The monoisotopic (exact) mass is 544 g/mol. The summed E-state index contributed by atoms with van der Waals surface area (Å²) in [5, 5.41) is 9.08. The maximum atomic E-state index is 11.9. The van der Waals surface area contributed by atoms with Crippen LogP contribution < -0.4 is 4.74 Å². The Morgan fingerprint density at radius 3 is 1.67 bits per heavy atom. The molecule has 1 N–H and O–H groups in total. The van der Waals surface area contributed by atoms with Gasteiger partial charge in [-0.1, -0.05) is 24.3 Å². The molecule has 5 atom stereocenters. The van der Waals surface area contributed by atoms with Crippen LogP contribution in [-0.2, 0) is 42.9 Å². The van der Waals surface area contributed by atoms with E-state index in [0.29, 0.717) is 0 Å². The molecule has 1 aliphatic heterocycles. The van der Waals surface area contributed by atoms with Gasteiger partial charge in [0, 0.05) is 27.7 Å². The smallest absolute Gasteiger partial charge is 0.335 e. The molecule has 0 unspecified atom stereocenters. The Morgan fingerprint density at radius 1 is 0.692 bits per heavy atom. The van der Waals surface area contributed by atoms with E-state index < -0.39 is 60.6 Å². The highest BCUT2D eigenvalue weighted by atomic mass is 16.7. The van der Waals surface area contributed by atoms with Gasteiger partial charge in [-0.15, -0.1) is 0 Å². The number of carbonyl (C=O) groups excluding carboxylic acids is 4. The topological polar surface area (TPSA) is 161 Å². The van der Waals surface area contributed by atoms with E-state index in [9.17, 15) is 24.0 Å². The van der Waals surface area contributed by atoms with Gasteiger partial charge in [-0.2, -0.15) is 0 Å². The predicted molar refractivity (Wildman–Crippen MR) is 131 cm³/mol. The number of carboxylic acids is 1. The Balaban J connectivity index is 1.91. The fraction of sp³-hybridized carbons (Fsp3) is 0.370. The molecule has 0 bridgehead atoms. The molecule has 0 spiro atoms. The van der Waals surface area contributed by atoms with Gasteiger partial charge in [0.15, 0.2) is 12.2 Å². The Kier molecular flexibility index (Phi) is 9.61. The molecule has 0 aliphatic carbocycles. The molecule has 0 radical (unpaired) electrons. The number of carbonyl (C=O) groups is 5. The fourth-order valence-electron chi connectivity index (χ4n) is 3.95. The third-order valence-electron chi connectivity index (χ3n) is 5.52. The van der Waals surface area contributed by atoms with Crippen LogP contribution in [0.3, 0.4) is 0 Å². The lowest BCUT2D eigenvalue weighted by Gasteiger charge is -2.43.